The van der Waals surface area contributed by atoms with Gasteiger partial charge in [0.1, 0.15) is 12.4 Å². The molecular weight excluding hydrogens is 238 g/mol. The average molecular weight is 263 g/mol. The number of rotatable bonds is 6. The van der Waals surface area contributed by atoms with E-state index in [2.05, 4.69) is 46.4 Å². The van der Waals surface area contributed by atoms with E-state index in [1.807, 2.05) is 7.05 Å². The highest BCUT2D eigenvalue weighted by Crippen LogP contribution is 2.12. The van der Waals surface area contributed by atoms with Crippen LogP contribution in [0.4, 0.5) is 0 Å². The van der Waals surface area contributed by atoms with Crippen molar-refractivity contribution in [3.63, 3.8) is 0 Å². The number of benzene rings is 1. The quantitative estimate of drug-likeness (QED) is 0.830. The molecule has 4 heteroatoms. The van der Waals surface area contributed by atoms with E-state index in [9.17, 15) is 0 Å². The highest BCUT2D eigenvalue weighted by atomic mass is 16.5. The van der Waals surface area contributed by atoms with Gasteiger partial charge in [-0.15, -0.1) is 0 Å². The zero-order valence-corrected chi connectivity index (χ0v) is 12.1. The summed E-state index contributed by atoms with van der Waals surface area (Å²) in [7, 11) is 4.14. The standard InChI is InChI=1S/C15H25N3O/c1-16-13-14-3-5-15(6-4-14)19-12-11-18-9-7-17(2)8-10-18/h3-6,16H,7-13H2,1-2H3. The molecule has 0 radical (unpaired) electrons. The van der Waals surface area contributed by atoms with Gasteiger partial charge < -0.3 is 15.0 Å². The Labute approximate surface area is 116 Å². The van der Waals surface area contributed by atoms with E-state index in [1.165, 1.54) is 18.7 Å². The third-order valence-corrected chi connectivity index (χ3v) is 3.58. The molecule has 4 nitrogen and oxygen atoms in total. The summed E-state index contributed by atoms with van der Waals surface area (Å²) in [6.45, 7) is 7.34. The van der Waals surface area contributed by atoms with Gasteiger partial charge in [-0.2, -0.15) is 0 Å². The topological polar surface area (TPSA) is 27.7 Å². The molecule has 1 saturated heterocycles. The predicted octanol–water partition coefficient (Wildman–Crippen LogP) is 1.03. The van der Waals surface area contributed by atoms with Gasteiger partial charge in [-0.05, 0) is 31.8 Å². The number of ether oxygens (including phenoxy) is 1. The molecule has 1 aromatic carbocycles. The van der Waals surface area contributed by atoms with Crippen molar-refractivity contribution in [2.24, 2.45) is 0 Å². The largest absolute Gasteiger partial charge is 0.492 e. The summed E-state index contributed by atoms with van der Waals surface area (Å²) >= 11 is 0. The average Bonchev–Trinajstić information content (AvgIpc) is 2.43. The lowest BCUT2D eigenvalue weighted by Gasteiger charge is -2.32. The van der Waals surface area contributed by atoms with E-state index >= 15 is 0 Å². The minimum Gasteiger partial charge on any atom is -0.492 e. The van der Waals surface area contributed by atoms with E-state index in [0.29, 0.717) is 0 Å². The fourth-order valence-electron chi connectivity index (χ4n) is 2.27. The van der Waals surface area contributed by atoms with Crippen LogP contribution in [0.3, 0.4) is 0 Å². The molecule has 0 saturated carbocycles. The zero-order valence-electron chi connectivity index (χ0n) is 12.1. The first-order chi connectivity index (χ1) is 9.28. The van der Waals surface area contributed by atoms with Crippen LogP contribution in [0.2, 0.25) is 0 Å². The number of piperazine rings is 1. The summed E-state index contributed by atoms with van der Waals surface area (Å²) in [4.78, 5) is 4.84. The summed E-state index contributed by atoms with van der Waals surface area (Å²) < 4.78 is 5.79. The molecule has 2 rings (SSSR count). The monoisotopic (exact) mass is 263 g/mol. The minimum absolute atomic E-state index is 0.773. The Morgan fingerprint density at radius 2 is 1.79 bits per heavy atom. The fraction of sp³-hybridized carbons (Fsp3) is 0.600. The molecule has 0 aliphatic carbocycles. The third kappa shape index (κ3) is 4.82. The molecule has 106 valence electrons. The van der Waals surface area contributed by atoms with E-state index in [-0.39, 0.29) is 0 Å². The molecule has 0 atom stereocenters. The minimum atomic E-state index is 0.773. The smallest absolute Gasteiger partial charge is 0.119 e. The molecule has 0 spiro atoms. The molecule has 0 aromatic heterocycles. The first-order valence-corrected chi connectivity index (χ1v) is 7.05. The molecule has 1 fully saturated rings. The molecule has 1 heterocycles. The van der Waals surface area contributed by atoms with Crippen molar-refractivity contribution >= 4 is 0 Å². The molecular formula is C15H25N3O. The molecule has 1 aromatic rings. The lowest BCUT2D eigenvalue weighted by molar-refractivity contribution is 0.133. The van der Waals surface area contributed by atoms with Gasteiger partial charge in [0.15, 0.2) is 0 Å². The predicted molar refractivity (Wildman–Crippen MR) is 78.6 cm³/mol. The zero-order chi connectivity index (χ0) is 13.5. The maximum atomic E-state index is 5.79. The van der Waals surface area contributed by atoms with Crippen molar-refractivity contribution in [1.29, 1.82) is 0 Å². The van der Waals surface area contributed by atoms with Crippen molar-refractivity contribution in [2.75, 3.05) is 53.4 Å². The summed E-state index contributed by atoms with van der Waals surface area (Å²) in [5, 5.41) is 3.14. The summed E-state index contributed by atoms with van der Waals surface area (Å²) in [6, 6.07) is 8.33. The second kappa shape index (κ2) is 7.48. The third-order valence-electron chi connectivity index (χ3n) is 3.58. The van der Waals surface area contributed by atoms with Crippen molar-refractivity contribution in [3.8, 4) is 5.75 Å². The van der Waals surface area contributed by atoms with Crippen molar-refractivity contribution in [3.05, 3.63) is 29.8 Å². The summed E-state index contributed by atoms with van der Waals surface area (Å²) in [5.41, 5.74) is 1.29. The fourth-order valence-corrected chi connectivity index (χ4v) is 2.27. The van der Waals surface area contributed by atoms with Gasteiger partial charge in [-0.3, -0.25) is 4.90 Å². The molecule has 0 unspecified atom stereocenters. The van der Waals surface area contributed by atoms with E-state index in [0.717, 1.165) is 38.5 Å². The second-order valence-electron chi connectivity index (χ2n) is 5.17. The van der Waals surface area contributed by atoms with Crippen LogP contribution in [-0.4, -0.2) is 63.2 Å². The first kappa shape index (κ1) is 14.3. The van der Waals surface area contributed by atoms with Gasteiger partial charge in [-0.25, -0.2) is 0 Å². The Balaban J connectivity index is 1.67. The van der Waals surface area contributed by atoms with Crippen molar-refractivity contribution < 1.29 is 4.74 Å². The lowest BCUT2D eigenvalue weighted by Crippen LogP contribution is -2.45. The SMILES string of the molecule is CNCc1ccc(OCCN2CCN(C)CC2)cc1. The maximum Gasteiger partial charge on any atom is 0.119 e. The maximum absolute atomic E-state index is 5.79. The van der Waals surface area contributed by atoms with Gasteiger partial charge in [0.05, 0.1) is 0 Å². The molecule has 1 aliphatic rings. The summed E-state index contributed by atoms with van der Waals surface area (Å²) in [5.74, 6) is 0.967. The Morgan fingerprint density at radius 1 is 1.11 bits per heavy atom. The van der Waals surface area contributed by atoms with E-state index in [1.54, 1.807) is 0 Å². The lowest BCUT2D eigenvalue weighted by atomic mass is 10.2. The van der Waals surface area contributed by atoms with E-state index in [4.69, 9.17) is 4.74 Å². The van der Waals surface area contributed by atoms with Crippen molar-refractivity contribution in [2.45, 2.75) is 6.54 Å². The number of nitrogens with zero attached hydrogens (tertiary/aromatic N) is 2. The van der Waals surface area contributed by atoms with Gasteiger partial charge in [-0.1, -0.05) is 12.1 Å². The molecule has 0 amide bonds. The highest BCUT2D eigenvalue weighted by molar-refractivity contribution is 5.27. The molecule has 1 aliphatic heterocycles. The van der Waals surface area contributed by atoms with Crippen LogP contribution in [0.15, 0.2) is 24.3 Å². The number of hydrogen-bond acceptors (Lipinski definition) is 4. The van der Waals surface area contributed by atoms with Crippen LogP contribution in [-0.2, 0) is 6.54 Å². The van der Waals surface area contributed by atoms with Gasteiger partial charge in [0.25, 0.3) is 0 Å². The van der Waals surface area contributed by atoms with Crippen LogP contribution in [0, 0.1) is 0 Å². The van der Waals surface area contributed by atoms with Gasteiger partial charge in [0, 0.05) is 39.3 Å². The van der Waals surface area contributed by atoms with Crippen LogP contribution >= 0.6 is 0 Å². The second-order valence-corrected chi connectivity index (χ2v) is 5.17. The van der Waals surface area contributed by atoms with Gasteiger partial charge >= 0.3 is 0 Å². The van der Waals surface area contributed by atoms with Gasteiger partial charge in [0.2, 0.25) is 0 Å². The van der Waals surface area contributed by atoms with E-state index < -0.39 is 0 Å². The number of hydrogen-bond donors (Lipinski definition) is 1. The molecule has 0 bridgehead atoms. The van der Waals surface area contributed by atoms with Crippen LogP contribution in [0.1, 0.15) is 5.56 Å². The Bertz CT molecular complexity index is 358. The number of nitrogens with one attached hydrogen (secondary N) is 1. The highest BCUT2D eigenvalue weighted by Gasteiger charge is 2.12. The van der Waals surface area contributed by atoms with Crippen molar-refractivity contribution in [1.82, 2.24) is 15.1 Å². The summed E-state index contributed by atoms with van der Waals surface area (Å²) in [6.07, 6.45) is 0. The normalized spacial score (nSPS) is 17.6. The Hall–Kier alpha value is -1.10. The Morgan fingerprint density at radius 3 is 2.42 bits per heavy atom. The molecule has 19 heavy (non-hydrogen) atoms. The Kier molecular flexibility index (Phi) is 5.63. The van der Waals surface area contributed by atoms with Crippen LogP contribution in [0.25, 0.3) is 0 Å². The first-order valence-electron chi connectivity index (χ1n) is 7.05. The molecule has 1 N–H and O–H groups in total. The van der Waals surface area contributed by atoms with Crippen LogP contribution in [0.5, 0.6) is 5.75 Å². The number of likely N-dealkylation sites (N-methyl/N-ethyl adjacent to an activating group) is 1. The van der Waals surface area contributed by atoms with Crippen LogP contribution < -0.4 is 10.1 Å².